The molecule has 0 aromatic carbocycles. The van der Waals surface area contributed by atoms with E-state index in [9.17, 15) is 0 Å². The smallest absolute Gasteiger partial charge is 0.0654 e. The van der Waals surface area contributed by atoms with E-state index in [0.717, 1.165) is 0 Å². The first-order valence-electron chi connectivity index (χ1n) is 6.19. The van der Waals surface area contributed by atoms with Crippen molar-refractivity contribution in [1.82, 2.24) is 5.39 Å². The molecule has 0 radical (unpaired) electrons. The number of hydrogen-bond donors (Lipinski definition) is 7. The number of nitrogens with zero attached hydrogens (tertiary/aromatic N) is 8. The monoisotopic (exact) mass is 416 g/mol. The van der Waals surface area contributed by atoms with Gasteiger partial charge in [0, 0.05) is 0 Å². The topological polar surface area (TPSA) is 296 Å². The molecular weight excluding hydrogens is 402 g/mol. The van der Waals surface area contributed by atoms with Gasteiger partial charge in [-0.3, -0.25) is 0 Å². The molecule has 6 rings (SSSR count). The lowest BCUT2D eigenvalue weighted by Crippen LogP contribution is -2.92. The lowest BCUT2D eigenvalue weighted by atomic mass is 12.0. The third-order valence-electron chi connectivity index (χ3n) is 2.59. The van der Waals surface area contributed by atoms with Crippen molar-refractivity contribution in [3.05, 3.63) is 0 Å². The van der Waals surface area contributed by atoms with E-state index in [2.05, 4.69) is 0 Å². The van der Waals surface area contributed by atoms with E-state index in [1.165, 1.54) is 0 Å². The van der Waals surface area contributed by atoms with Crippen molar-refractivity contribution in [3.63, 3.8) is 0 Å². The van der Waals surface area contributed by atoms with Gasteiger partial charge < -0.3 is 0 Å². The quantitative estimate of drug-likeness (QED) is 0.142. The van der Waals surface area contributed by atoms with Crippen LogP contribution in [0.2, 0.25) is 0 Å². The molecule has 0 spiro atoms. The predicted molar refractivity (Wildman–Crippen MR) is 46.0 cm³/mol. The van der Waals surface area contributed by atoms with Gasteiger partial charge in [0.25, 0.3) is 5.39 Å². The Morgan fingerprint density at radius 2 is 0.519 bits per heavy atom. The summed E-state index contributed by atoms with van der Waals surface area (Å²) in [5, 5.41) is -15.5. The molecule has 27 heteroatoms. The molecule has 0 aromatic rings. The van der Waals surface area contributed by atoms with E-state index in [-0.39, 0.29) is 5.39 Å². The fourth-order valence-electron chi connectivity index (χ4n) is 2.06. The molecule has 8 bridgehead atoms. The van der Waals surface area contributed by atoms with E-state index in [0.29, 0.717) is 0 Å². The van der Waals surface area contributed by atoms with Crippen molar-refractivity contribution < 1.29 is 94.8 Å². The summed E-state index contributed by atoms with van der Waals surface area (Å²) in [6.45, 7) is 0. The highest BCUT2D eigenvalue weighted by Gasteiger charge is 2.90. The van der Waals surface area contributed by atoms with Crippen LogP contribution in [0.5, 0.6) is 0 Å². The second-order valence-corrected chi connectivity index (χ2v) is 4.98. The Morgan fingerprint density at radius 1 is 0.333 bits per heavy atom. The van der Waals surface area contributed by atoms with Gasteiger partial charge in [-0.25, -0.2) is 0 Å². The Kier molecular flexibility index (Phi) is 3.04. The van der Waals surface area contributed by atoms with Crippen molar-refractivity contribution in [2.24, 2.45) is 40.9 Å². The Bertz CT molecular complexity index is 571. The highest BCUT2D eigenvalue weighted by molar-refractivity contribution is 3.62. The summed E-state index contributed by atoms with van der Waals surface area (Å²) in [6, 6.07) is 0. The first-order valence-corrected chi connectivity index (χ1v) is 6.19. The van der Waals surface area contributed by atoms with E-state index in [4.69, 9.17) is 100 Å². The van der Waals surface area contributed by atoms with Crippen molar-refractivity contribution >= 4 is 0 Å². The molecule has 27 heavy (non-hydrogen) atoms. The summed E-state index contributed by atoms with van der Waals surface area (Å²) in [5.41, 5.74) is 0. The maximum absolute atomic E-state index is 5.65. The van der Waals surface area contributed by atoms with Crippen LogP contribution < -0.4 is 40.9 Å². The number of hydrogen-bond acceptors (Lipinski definition) is 20. The Hall–Kier alpha value is -1.08. The minimum absolute atomic E-state index is 0.149. The molecule has 154 valence electrons. The zero-order valence-corrected chi connectivity index (χ0v) is 12.5. The van der Waals surface area contributed by atoms with Crippen LogP contribution in [0.1, 0.15) is 0 Å². The van der Waals surface area contributed by atoms with Crippen LogP contribution in [0.15, 0.2) is 0 Å². The fraction of sp³-hybridized carbons (Fsp3) is 0. The average molecular weight is 416 g/mol. The summed E-state index contributed by atoms with van der Waals surface area (Å²) >= 11 is 0. The van der Waals surface area contributed by atoms with Gasteiger partial charge >= 0.3 is 35.6 Å². The largest absolute Gasteiger partial charge is 0.360 e. The molecule has 0 aliphatic carbocycles. The van der Waals surface area contributed by atoms with Gasteiger partial charge in [-0.15, -0.1) is 0 Å². The predicted octanol–water partition coefficient (Wildman–Crippen LogP) is -7.65. The van der Waals surface area contributed by atoms with E-state index in [1.54, 1.807) is 0 Å². The van der Waals surface area contributed by atoms with E-state index < -0.39 is 35.6 Å². The number of rotatable bonds is 0. The number of quaternary nitrogens is 7. The van der Waals surface area contributed by atoms with Crippen molar-refractivity contribution in [2.75, 3.05) is 0 Å². The van der Waals surface area contributed by atoms with Gasteiger partial charge in [0.05, 0.1) is 14.8 Å². The molecule has 0 unspecified atom stereocenters. The van der Waals surface area contributed by atoms with Gasteiger partial charge in [-0.2, -0.15) is 0 Å². The molecule has 6 fully saturated rings. The zero-order valence-electron chi connectivity index (χ0n) is 12.5. The molecule has 6 aliphatic heterocycles. The molecule has 0 saturated carbocycles. The molecule has 6 aliphatic rings. The maximum atomic E-state index is 5.65. The SMILES string of the molecule is N[N+]12ON3O[N+]4(N)O[N+](N)(O1)O[N+]1(N)O[N+](N)(O2)O[N+](N)(O3)O[N+](N)(O4)O1. The highest BCUT2D eigenvalue weighted by Crippen LogP contribution is 2.40. The molecule has 6 saturated heterocycles. The van der Waals surface area contributed by atoms with Crippen LogP contribution in [-0.4, -0.2) is 41.0 Å². The molecule has 0 amide bonds. The maximum Gasteiger partial charge on any atom is 0.360 e. The van der Waals surface area contributed by atoms with E-state index >= 15 is 0 Å². The second-order valence-electron chi connectivity index (χ2n) is 4.98. The van der Waals surface area contributed by atoms with Crippen LogP contribution in [-0.2, 0) is 59.3 Å². The average Bonchev–Trinajstić information content (AvgIpc) is 2.24. The summed E-state index contributed by atoms with van der Waals surface area (Å²) in [4.78, 5) is 58.5. The standard InChI is InChI=1S/H14N15O12/c1-9-16-8-17-10(2)21-12(4,19-9)25-15(7)26-13(5,20-9)22-11(3,18-8)24-14(6,23-10)27-15/h1-7H2/q+7. The summed E-state index contributed by atoms with van der Waals surface area (Å²) in [5.74, 6) is 39.5. The number of nitrogens with two attached hydrogens (primary N) is 7. The minimum atomic E-state index is -2.23. The third kappa shape index (κ3) is 2.84. The van der Waals surface area contributed by atoms with Crippen molar-refractivity contribution in [1.29, 1.82) is 0 Å². The molecule has 14 N–H and O–H groups in total. The van der Waals surface area contributed by atoms with Crippen LogP contribution in [0.4, 0.5) is 0 Å². The lowest BCUT2D eigenvalue weighted by molar-refractivity contribution is -1.90. The van der Waals surface area contributed by atoms with Gasteiger partial charge in [0.2, 0.25) is 44.4 Å². The first-order chi connectivity index (χ1) is 12.1. The normalized spacial score (nSPS) is 65.2. The Balaban J connectivity index is 1.76. The molecular formula is H14N15O12+7. The molecule has 0 aromatic heterocycles. The van der Waals surface area contributed by atoms with Gasteiger partial charge in [0.1, 0.15) is 0 Å². The highest BCUT2D eigenvalue weighted by atomic mass is 17.7. The Labute approximate surface area is 142 Å². The summed E-state index contributed by atoms with van der Waals surface area (Å²) < 4.78 is 0. The van der Waals surface area contributed by atoms with Crippen LogP contribution in [0.25, 0.3) is 0 Å². The van der Waals surface area contributed by atoms with Crippen molar-refractivity contribution in [3.8, 4) is 0 Å². The van der Waals surface area contributed by atoms with Crippen LogP contribution >= 0.6 is 0 Å². The molecule has 0 atom stereocenters. The fourth-order valence-corrected chi connectivity index (χ4v) is 2.06. The minimum Gasteiger partial charge on any atom is -0.0654 e. The first kappa shape index (κ1) is 18.0. The summed E-state index contributed by atoms with van der Waals surface area (Å²) in [6.07, 6.45) is 0. The van der Waals surface area contributed by atoms with Gasteiger partial charge in [-0.05, 0) is 0 Å². The van der Waals surface area contributed by atoms with Crippen LogP contribution in [0, 0.1) is 0 Å². The Morgan fingerprint density at radius 3 is 0.741 bits per heavy atom. The van der Waals surface area contributed by atoms with Gasteiger partial charge in [0.15, 0.2) is 0 Å². The lowest BCUT2D eigenvalue weighted by Gasteiger charge is -2.39. The third-order valence-corrected chi connectivity index (χ3v) is 2.59. The van der Waals surface area contributed by atoms with E-state index in [1.807, 2.05) is 0 Å². The van der Waals surface area contributed by atoms with Crippen molar-refractivity contribution in [2.45, 2.75) is 0 Å². The summed E-state index contributed by atoms with van der Waals surface area (Å²) in [7, 11) is 0. The zero-order chi connectivity index (χ0) is 19.6. The molecule has 6 heterocycles. The van der Waals surface area contributed by atoms with Crippen LogP contribution in [0.3, 0.4) is 0 Å². The van der Waals surface area contributed by atoms with Gasteiger partial charge in [-0.1, -0.05) is 40.9 Å². The molecule has 27 nitrogen and oxygen atoms in total. The second kappa shape index (κ2) is 4.56.